The molecule has 2 N–H and O–H groups in total. The van der Waals surface area contributed by atoms with Gasteiger partial charge in [-0.1, -0.05) is 0 Å². The van der Waals surface area contributed by atoms with E-state index >= 15 is 0 Å². The lowest BCUT2D eigenvalue weighted by molar-refractivity contribution is -0.164. The van der Waals surface area contributed by atoms with E-state index in [1.807, 2.05) is 0 Å². The number of carbonyl (C=O) groups is 1. The first kappa shape index (κ1) is 14.6. The van der Waals surface area contributed by atoms with Gasteiger partial charge in [0.2, 0.25) is 0 Å². The molecule has 1 aromatic carbocycles. The molecule has 5 heteroatoms. The second-order valence-corrected chi connectivity index (χ2v) is 5.08. The minimum absolute atomic E-state index is 0.0974. The third-order valence-electron chi connectivity index (χ3n) is 3.52. The maximum atomic E-state index is 13.8. The normalized spacial score (nSPS) is 15.3. The molecule has 18 heavy (non-hydrogen) atoms. The fourth-order valence-electron chi connectivity index (χ4n) is 1.56. The second-order valence-electron chi connectivity index (χ2n) is 5.08. The number of benzene rings is 1. The molecule has 0 bridgehead atoms. The van der Waals surface area contributed by atoms with E-state index in [1.165, 1.54) is 20.8 Å². The Morgan fingerprint density at radius 3 is 2.11 bits per heavy atom. The zero-order chi connectivity index (χ0) is 14.3. The quantitative estimate of drug-likeness (QED) is 0.876. The van der Waals surface area contributed by atoms with Crippen LogP contribution in [0, 0.1) is 24.0 Å². The molecule has 100 valence electrons. The van der Waals surface area contributed by atoms with Crippen molar-refractivity contribution in [2.75, 3.05) is 0 Å². The summed E-state index contributed by atoms with van der Waals surface area (Å²) in [6.45, 7) is 5.06. The summed E-state index contributed by atoms with van der Waals surface area (Å²) in [5, 5.41) is 19.4. The van der Waals surface area contributed by atoms with E-state index in [1.54, 1.807) is 0 Å². The topological polar surface area (TPSA) is 57.5 Å². The molecule has 0 amide bonds. The van der Waals surface area contributed by atoms with E-state index < -0.39 is 28.6 Å². The fraction of sp³-hybridized carbons (Fsp3) is 0.462. The van der Waals surface area contributed by atoms with E-state index in [0.717, 1.165) is 19.1 Å². The van der Waals surface area contributed by atoms with Crippen LogP contribution < -0.4 is 0 Å². The summed E-state index contributed by atoms with van der Waals surface area (Å²) in [5.41, 5.74) is -3.95. The highest BCUT2D eigenvalue weighted by molar-refractivity contribution is 5.75. The molecule has 0 aliphatic heterocycles. The Labute approximate surface area is 104 Å². The Morgan fingerprint density at radius 1 is 1.17 bits per heavy atom. The lowest BCUT2D eigenvalue weighted by Crippen LogP contribution is -2.45. The standard InChI is InChI=1S/C13H16F2O3/c1-7-5-10(15)8(6-9(7)14)13(4,18)12(2,3)11(16)17/h5-6,18H,1-4H3,(H,16,17). The van der Waals surface area contributed by atoms with Crippen molar-refractivity contribution in [2.24, 2.45) is 5.41 Å². The molecule has 0 fully saturated rings. The molecule has 0 saturated carbocycles. The van der Waals surface area contributed by atoms with E-state index in [9.17, 15) is 18.7 Å². The van der Waals surface area contributed by atoms with Gasteiger partial charge in [0.25, 0.3) is 0 Å². The molecule has 0 heterocycles. The summed E-state index contributed by atoms with van der Waals surface area (Å²) >= 11 is 0. The molecular weight excluding hydrogens is 242 g/mol. The van der Waals surface area contributed by atoms with Crippen molar-refractivity contribution in [1.29, 1.82) is 0 Å². The van der Waals surface area contributed by atoms with Crippen LogP contribution in [0.5, 0.6) is 0 Å². The number of halogens is 2. The number of aliphatic carboxylic acids is 1. The smallest absolute Gasteiger partial charge is 0.312 e. The molecule has 1 atom stereocenters. The number of hydrogen-bond acceptors (Lipinski definition) is 2. The van der Waals surface area contributed by atoms with Gasteiger partial charge in [0.15, 0.2) is 0 Å². The number of rotatable bonds is 3. The van der Waals surface area contributed by atoms with Crippen LogP contribution >= 0.6 is 0 Å². The summed E-state index contributed by atoms with van der Waals surface area (Å²) in [7, 11) is 0. The van der Waals surface area contributed by atoms with Gasteiger partial charge in [-0.05, 0) is 45.4 Å². The third kappa shape index (κ3) is 2.10. The Bertz CT molecular complexity index is 493. The summed E-state index contributed by atoms with van der Waals surface area (Å²) in [6, 6.07) is 1.78. The minimum atomic E-state index is -2.03. The molecule has 3 nitrogen and oxygen atoms in total. The Kier molecular flexibility index (Phi) is 3.49. The minimum Gasteiger partial charge on any atom is -0.481 e. The highest BCUT2D eigenvalue weighted by Gasteiger charge is 2.48. The zero-order valence-electron chi connectivity index (χ0n) is 10.7. The molecule has 0 aliphatic carbocycles. The molecule has 0 spiro atoms. The van der Waals surface area contributed by atoms with Crippen LogP contribution in [0.25, 0.3) is 0 Å². The van der Waals surface area contributed by atoms with Gasteiger partial charge in [-0.15, -0.1) is 0 Å². The Hall–Kier alpha value is -1.49. The maximum Gasteiger partial charge on any atom is 0.312 e. The van der Waals surface area contributed by atoms with Gasteiger partial charge in [0, 0.05) is 5.56 Å². The number of carboxylic acids is 1. The van der Waals surface area contributed by atoms with Crippen LogP contribution in [0.2, 0.25) is 0 Å². The summed E-state index contributed by atoms with van der Waals surface area (Å²) in [4.78, 5) is 11.1. The van der Waals surface area contributed by atoms with Crippen molar-refractivity contribution in [1.82, 2.24) is 0 Å². The van der Waals surface area contributed by atoms with Crippen molar-refractivity contribution < 1.29 is 23.8 Å². The molecule has 1 aromatic rings. The van der Waals surface area contributed by atoms with Gasteiger partial charge < -0.3 is 10.2 Å². The highest BCUT2D eigenvalue weighted by atomic mass is 19.1. The van der Waals surface area contributed by atoms with E-state index in [4.69, 9.17) is 5.11 Å². The van der Waals surface area contributed by atoms with E-state index in [0.29, 0.717) is 0 Å². The predicted octanol–water partition coefficient (Wildman–Crippen LogP) is 2.59. The molecule has 0 saturated heterocycles. The summed E-state index contributed by atoms with van der Waals surface area (Å²) < 4.78 is 27.3. The van der Waals surface area contributed by atoms with Crippen LogP contribution in [0.4, 0.5) is 8.78 Å². The van der Waals surface area contributed by atoms with Gasteiger partial charge in [-0.2, -0.15) is 0 Å². The van der Waals surface area contributed by atoms with Crippen molar-refractivity contribution >= 4 is 5.97 Å². The molecule has 0 aromatic heterocycles. The van der Waals surface area contributed by atoms with Crippen LogP contribution in [0.3, 0.4) is 0 Å². The summed E-state index contributed by atoms with van der Waals surface area (Å²) in [5.74, 6) is -2.81. The predicted molar refractivity (Wildman–Crippen MR) is 62.1 cm³/mol. The van der Waals surface area contributed by atoms with E-state index in [2.05, 4.69) is 0 Å². The first-order chi connectivity index (χ1) is 8.01. The second kappa shape index (κ2) is 4.31. The first-order valence-corrected chi connectivity index (χ1v) is 5.43. The molecule has 1 unspecified atom stereocenters. The monoisotopic (exact) mass is 258 g/mol. The van der Waals surface area contributed by atoms with E-state index in [-0.39, 0.29) is 11.1 Å². The Morgan fingerprint density at radius 2 is 1.67 bits per heavy atom. The average molecular weight is 258 g/mol. The van der Waals surface area contributed by atoms with Crippen molar-refractivity contribution in [3.8, 4) is 0 Å². The molecule has 0 aliphatic rings. The SMILES string of the molecule is Cc1cc(F)c(C(C)(O)C(C)(C)C(=O)O)cc1F. The lowest BCUT2D eigenvalue weighted by Gasteiger charge is -2.37. The van der Waals surface area contributed by atoms with Crippen molar-refractivity contribution in [3.63, 3.8) is 0 Å². The number of hydrogen-bond donors (Lipinski definition) is 2. The largest absolute Gasteiger partial charge is 0.481 e. The van der Waals surface area contributed by atoms with Gasteiger partial charge >= 0.3 is 5.97 Å². The van der Waals surface area contributed by atoms with Gasteiger partial charge in [0.05, 0.1) is 5.41 Å². The van der Waals surface area contributed by atoms with Crippen molar-refractivity contribution in [3.05, 3.63) is 34.9 Å². The third-order valence-corrected chi connectivity index (χ3v) is 3.52. The van der Waals surface area contributed by atoms with Crippen LogP contribution in [-0.4, -0.2) is 16.2 Å². The van der Waals surface area contributed by atoms with Gasteiger partial charge in [-0.3, -0.25) is 4.79 Å². The average Bonchev–Trinajstić information content (AvgIpc) is 2.22. The number of carboxylic acid groups (broad SMARTS) is 1. The number of aliphatic hydroxyl groups is 1. The number of aryl methyl sites for hydroxylation is 1. The Balaban J connectivity index is 3.46. The van der Waals surface area contributed by atoms with Crippen LogP contribution in [-0.2, 0) is 10.4 Å². The van der Waals surface area contributed by atoms with Crippen LogP contribution in [0.15, 0.2) is 12.1 Å². The zero-order valence-corrected chi connectivity index (χ0v) is 10.7. The molecular formula is C13H16F2O3. The highest BCUT2D eigenvalue weighted by Crippen LogP contribution is 2.41. The van der Waals surface area contributed by atoms with Crippen LogP contribution in [0.1, 0.15) is 31.9 Å². The summed E-state index contributed by atoms with van der Waals surface area (Å²) in [6.07, 6.45) is 0. The first-order valence-electron chi connectivity index (χ1n) is 5.43. The molecule has 0 radical (unpaired) electrons. The van der Waals surface area contributed by atoms with Gasteiger partial charge in [-0.25, -0.2) is 8.78 Å². The van der Waals surface area contributed by atoms with Gasteiger partial charge in [0.1, 0.15) is 17.2 Å². The molecule has 1 rings (SSSR count). The maximum absolute atomic E-state index is 13.8. The van der Waals surface area contributed by atoms with Crippen molar-refractivity contribution in [2.45, 2.75) is 33.3 Å². The lowest BCUT2D eigenvalue weighted by atomic mass is 9.71. The fourth-order valence-corrected chi connectivity index (χ4v) is 1.56.